The van der Waals surface area contributed by atoms with Crippen molar-refractivity contribution in [3.05, 3.63) is 35.4 Å². The summed E-state index contributed by atoms with van der Waals surface area (Å²) in [5, 5.41) is 8.26. The Hall–Kier alpha value is -2.37. The number of nitrogens with one attached hydrogen (secondary N) is 3. The van der Waals surface area contributed by atoms with Crippen molar-refractivity contribution in [2.75, 3.05) is 6.54 Å². The molecule has 0 bridgehead atoms. The lowest BCUT2D eigenvalue weighted by Crippen LogP contribution is -2.56. The van der Waals surface area contributed by atoms with Crippen molar-refractivity contribution < 1.29 is 14.4 Å². The molecule has 1 fully saturated rings. The second-order valence-electron chi connectivity index (χ2n) is 6.56. The molecule has 0 spiro atoms. The Kier molecular flexibility index (Phi) is 5.95. The van der Waals surface area contributed by atoms with Crippen molar-refractivity contribution in [3.63, 3.8) is 0 Å². The number of piperidine rings is 1. The third-order valence-electron chi connectivity index (χ3n) is 4.15. The fraction of sp³-hybridized carbons (Fsp3) is 0.500. The molecule has 1 aromatic carbocycles. The Morgan fingerprint density at radius 1 is 1.21 bits per heavy atom. The highest BCUT2D eigenvalue weighted by molar-refractivity contribution is 5.98. The van der Waals surface area contributed by atoms with Crippen LogP contribution >= 0.6 is 0 Å². The Morgan fingerprint density at radius 3 is 2.46 bits per heavy atom. The van der Waals surface area contributed by atoms with Crippen molar-refractivity contribution in [2.24, 2.45) is 5.92 Å². The van der Waals surface area contributed by atoms with Crippen LogP contribution in [0.5, 0.6) is 0 Å². The zero-order valence-electron chi connectivity index (χ0n) is 14.4. The van der Waals surface area contributed by atoms with Crippen LogP contribution in [0.4, 0.5) is 0 Å². The topological polar surface area (TPSA) is 87.3 Å². The van der Waals surface area contributed by atoms with Crippen LogP contribution in [-0.4, -0.2) is 36.3 Å². The Labute approximate surface area is 142 Å². The summed E-state index contributed by atoms with van der Waals surface area (Å²) in [5.41, 5.74) is 1.57. The van der Waals surface area contributed by atoms with E-state index in [1.807, 2.05) is 32.9 Å². The van der Waals surface area contributed by atoms with E-state index in [-0.39, 0.29) is 23.6 Å². The summed E-state index contributed by atoms with van der Waals surface area (Å²) in [4.78, 5) is 36.7. The highest BCUT2D eigenvalue weighted by Crippen LogP contribution is 2.09. The summed E-state index contributed by atoms with van der Waals surface area (Å²) >= 11 is 0. The molecule has 0 unspecified atom stereocenters. The van der Waals surface area contributed by atoms with E-state index >= 15 is 0 Å². The third kappa shape index (κ3) is 4.57. The Morgan fingerprint density at radius 2 is 1.88 bits per heavy atom. The fourth-order valence-corrected chi connectivity index (χ4v) is 2.64. The Bertz CT molecular complexity index is 610. The van der Waals surface area contributed by atoms with Crippen molar-refractivity contribution in [2.45, 2.75) is 45.7 Å². The molecule has 24 heavy (non-hydrogen) atoms. The van der Waals surface area contributed by atoms with E-state index in [4.69, 9.17) is 0 Å². The van der Waals surface area contributed by atoms with E-state index in [0.29, 0.717) is 18.5 Å². The molecule has 0 aliphatic carbocycles. The van der Waals surface area contributed by atoms with Crippen molar-refractivity contribution in [1.29, 1.82) is 0 Å². The summed E-state index contributed by atoms with van der Waals surface area (Å²) in [6.45, 7) is 6.31. The minimum Gasteiger partial charge on any atom is -0.354 e. The van der Waals surface area contributed by atoms with Crippen LogP contribution < -0.4 is 16.0 Å². The van der Waals surface area contributed by atoms with Gasteiger partial charge in [-0.1, -0.05) is 31.5 Å². The van der Waals surface area contributed by atoms with Gasteiger partial charge in [0.25, 0.3) is 5.91 Å². The molecule has 6 nitrogen and oxygen atoms in total. The minimum atomic E-state index is -0.687. The maximum Gasteiger partial charge on any atom is 0.251 e. The zero-order valence-corrected chi connectivity index (χ0v) is 14.4. The zero-order chi connectivity index (χ0) is 17.7. The largest absolute Gasteiger partial charge is 0.354 e. The molecular weight excluding hydrogens is 306 g/mol. The summed E-state index contributed by atoms with van der Waals surface area (Å²) < 4.78 is 0. The van der Waals surface area contributed by atoms with Gasteiger partial charge in [0.05, 0.1) is 0 Å². The van der Waals surface area contributed by atoms with E-state index in [2.05, 4.69) is 16.0 Å². The predicted molar refractivity (Wildman–Crippen MR) is 91.4 cm³/mol. The van der Waals surface area contributed by atoms with Gasteiger partial charge in [0, 0.05) is 12.1 Å². The third-order valence-corrected chi connectivity index (χ3v) is 4.15. The maximum atomic E-state index is 12.5. The first-order valence-corrected chi connectivity index (χ1v) is 8.34. The number of benzene rings is 1. The van der Waals surface area contributed by atoms with Gasteiger partial charge in [0.15, 0.2) is 0 Å². The predicted octanol–water partition coefficient (Wildman–Crippen LogP) is 1.14. The molecule has 3 N–H and O–H groups in total. The molecule has 130 valence electrons. The normalized spacial score (nSPS) is 18.7. The first-order chi connectivity index (χ1) is 11.4. The van der Waals surface area contributed by atoms with E-state index < -0.39 is 12.1 Å². The number of hydrogen-bond acceptors (Lipinski definition) is 3. The monoisotopic (exact) mass is 331 g/mol. The van der Waals surface area contributed by atoms with E-state index in [1.54, 1.807) is 12.1 Å². The first-order valence-electron chi connectivity index (χ1n) is 8.34. The lowest BCUT2D eigenvalue weighted by atomic mass is 10.0. The second-order valence-corrected chi connectivity index (χ2v) is 6.56. The fourth-order valence-electron chi connectivity index (χ4n) is 2.64. The average Bonchev–Trinajstić information content (AvgIpc) is 2.54. The van der Waals surface area contributed by atoms with Gasteiger partial charge in [-0.05, 0) is 37.8 Å². The van der Waals surface area contributed by atoms with Gasteiger partial charge in [0.2, 0.25) is 11.8 Å². The molecule has 0 radical (unpaired) electrons. The number of hydrogen-bond donors (Lipinski definition) is 3. The molecule has 2 atom stereocenters. The molecule has 3 amide bonds. The standard InChI is InChI=1S/C18H25N3O3/c1-11(2)15(18(24)20-14-5-4-10-19-17(14)23)21-16(22)13-8-6-12(3)7-9-13/h6-9,11,14-15H,4-5,10H2,1-3H3,(H,19,23)(H,20,24)(H,21,22)/t14-,15-/m0/s1. The van der Waals surface area contributed by atoms with Crippen molar-refractivity contribution >= 4 is 17.7 Å². The first kappa shape index (κ1) is 18.0. The molecule has 2 rings (SSSR count). The van der Waals surface area contributed by atoms with Crippen LogP contribution in [0.2, 0.25) is 0 Å². The van der Waals surface area contributed by atoms with Crippen LogP contribution in [0, 0.1) is 12.8 Å². The van der Waals surface area contributed by atoms with Gasteiger partial charge >= 0.3 is 0 Å². The number of rotatable bonds is 5. The minimum absolute atomic E-state index is 0.0916. The summed E-state index contributed by atoms with van der Waals surface area (Å²) in [6.07, 6.45) is 1.45. The molecule has 1 aliphatic heterocycles. The van der Waals surface area contributed by atoms with Crippen LogP contribution in [0.1, 0.15) is 42.6 Å². The number of amides is 3. The van der Waals surface area contributed by atoms with Crippen LogP contribution in [0.25, 0.3) is 0 Å². The van der Waals surface area contributed by atoms with Gasteiger partial charge in [-0.25, -0.2) is 0 Å². The Balaban J connectivity index is 2.02. The number of carbonyl (C=O) groups excluding carboxylic acids is 3. The van der Waals surface area contributed by atoms with Gasteiger partial charge < -0.3 is 16.0 Å². The molecular formula is C18H25N3O3. The van der Waals surface area contributed by atoms with Gasteiger partial charge in [-0.15, -0.1) is 0 Å². The molecule has 1 saturated heterocycles. The summed E-state index contributed by atoms with van der Waals surface area (Å²) in [5.74, 6) is -0.877. The second kappa shape index (κ2) is 7.95. The molecule has 1 heterocycles. The highest BCUT2D eigenvalue weighted by Gasteiger charge is 2.30. The molecule has 0 saturated carbocycles. The van der Waals surface area contributed by atoms with Crippen molar-refractivity contribution in [3.8, 4) is 0 Å². The van der Waals surface area contributed by atoms with Crippen molar-refractivity contribution in [1.82, 2.24) is 16.0 Å². The van der Waals surface area contributed by atoms with Gasteiger partial charge in [-0.3, -0.25) is 14.4 Å². The van der Waals surface area contributed by atoms with Crippen LogP contribution in [0.3, 0.4) is 0 Å². The number of aryl methyl sites for hydroxylation is 1. The van der Waals surface area contributed by atoms with E-state index in [1.165, 1.54) is 0 Å². The van der Waals surface area contributed by atoms with Gasteiger partial charge in [0.1, 0.15) is 12.1 Å². The molecule has 6 heteroatoms. The lowest BCUT2D eigenvalue weighted by molar-refractivity contribution is -0.131. The van der Waals surface area contributed by atoms with E-state index in [0.717, 1.165) is 12.0 Å². The van der Waals surface area contributed by atoms with Crippen LogP contribution in [-0.2, 0) is 9.59 Å². The average molecular weight is 331 g/mol. The summed E-state index contributed by atoms with van der Waals surface area (Å²) in [6, 6.07) is 5.96. The van der Waals surface area contributed by atoms with Gasteiger partial charge in [-0.2, -0.15) is 0 Å². The number of carbonyl (C=O) groups is 3. The quantitative estimate of drug-likeness (QED) is 0.756. The SMILES string of the molecule is Cc1ccc(C(=O)N[C@H](C(=O)N[C@H]2CCCNC2=O)C(C)C)cc1. The molecule has 1 aliphatic rings. The highest BCUT2D eigenvalue weighted by atomic mass is 16.2. The lowest BCUT2D eigenvalue weighted by Gasteiger charge is -2.27. The summed E-state index contributed by atoms with van der Waals surface area (Å²) in [7, 11) is 0. The smallest absolute Gasteiger partial charge is 0.251 e. The maximum absolute atomic E-state index is 12.5. The molecule has 0 aromatic heterocycles. The van der Waals surface area contributed by atoms with E-state index in [9.17, 15) is 14.4 Å². The van der Waals surface area contributed by atoms with Crippen LogP contribution in [0.15, 0.2) is 24.3 Å². The molecule has 1 aromatic rings.